The van der Waals surface area contributed by atoms with Crippen molar-refractivity contribution < 1.29 is 17.9 Å². The molecule has 0 heterocycles. The molecule has 0 unspecified atom stereocenters. The van der Waals surface area contributed by atoms with Crippen LogP contribution in [0.5, 0.6) is 0 Å². The van der Waals surface area contributed by atoms with Crippen LogP contribution < -0.4 is 11.0 Å². The van der Waals surface area contributed by atoms with Crippen molar-refractivity contribution >= 4 is 16.3 Å². The van der Waals surface area contributed by atoms with Crippen LogP contribution in [0.3, 0.4) is 0 Å². The van der Waals surface area contributed by atoms with Crippen molar-refractivity contribution in [3.05, 3.63) is 0 Å². The van der Waals surface area contributed by atoms with E-state index in [2.05, 4.69) is 9.88 Å². The van der Waals surface area contributed by atoms with E-state index in [1.165, 1.54) is 6.92 Å². The van der Waals surface area contributed by atoms with Gasteiger partial charge in [0, 0.05) is 0 Å². The number of carbonyl (C=O) groups excluding carboxylic acids is 1. The Hall–Kier alpha value is -0.860. The highest BCUT2D eigenvalue weighted by Crippen LogP contribution is 1.90. The molecule has 0 aromatic heterocycles. The van der Waals surface area contributed by atoms with Crippen molar-refractivity contribution in [2.75, 3.05) is 6.61 Å². The minimum atomic E-state index is -4.19. The third-order valence-electron chi connectivity index (χ3n) is 0.722. The molecule has 11 heavy (non-hydrogen) atoms. The van der Waals surface area contributed by atoms with Crippen LogP contribution >= 0.6 is 0 Å². The number of ether oxygens (including phenoxy) is 1. The summed E-state index contributed by atoms with van der Waals surface area (Å²) in [7, 11) is -4.19. The van der Waals surface area contributed by atoms with Gasteiger partial charge in [0.25, 0.3) is 0 Å². The van der Waals surface area contributed by atoms with Crippen LogP contribution in [0.15, 0.2) is 0 Å². The first-order valence-corrected chi connectivity index (χ1v) is 4.14. The summed E-state index contributed by atoms with van der Waals surface area (Å²) in [5, 5.41) is 4.48. The lowest BCUT2D eigenvalue weighted by Gasteiger charge is -2.11. The third-order valence-corrected chi connectivity index (χ3v) is 1.42. The van der Waals surface area contributed by atoms with E-state index in [9.17, 15) is 13.2 Å². The van der Waals surface area contributed by atoms with Gasteiger partial charge in [-0.2, -0.15) is 8.42 Å². The quantitative estimate of drug-likeness (QED) is 0.308. The number of carbonyl (C=O) groups is 1. The van der Waals surface area contributed by atoms with E-state index < -0.39 is 16.3 Å². The Balaban J connectivity index is 4.27. The maximum Gasteiger partial charge on any atom is 0.439 e. The van der Waals surface area contributed by atoms with E-state index in [0.29, 0.717) is 0 Å². The Morgan fingerprint density at radius 1 is 1.64 bits per heavy atom. The molecule has 0 aliphatic heterocycles. The molecule has 7 nitrogen and oxygen atoms in total. The molecule has 1 amide bonds. The summed E-state index contributed by atoms with van der Waals surface area (Å²) in [6, 6.07) is 0. The predicted molar refractivity (Wildman–Crippen MR) is 36.2 cm³/mol. The number of hydrogen-bond donors (Lipinski definition) is 2. The second kappa shape index (κ2) is 3.51. The smallest absolute Gasteiger partial charge is 0.439 e. The van der Waals surface area contributed by atoms with E-state index >= 15 is 0 Å². The molecule has 0 aliphatic rings. The van der Waals surface area contributed by atoms with Gasteiger partial charge >= 0.3 is 16.3 Å². The zero-order valence-corrected chi connectivity index (χ0v) is 6.67. The van der Waals surface area contributed by atoms with Crippen LogP contribution in [0.4, 0.5) is 4.79 Å². The number of hydrazine groups is 1. The fourth-order valence-corrected chi connectivity index (χ4v) is 0.551. The normalized spacial score (nSPS) is 10.8. The molecule has 66 valence electrons. The molecule has 0 radical (unpaired) electrons. The number of nitrogens with zero attached hydrogens (tertiary/aromatic N) is 1. The molecule has 0 aromatic rings. The Bertz CT molecular complexity index is 235. The lowest BCUT2D eigenvalue weighted by molar-refractivity contribution is 0.131. The van der Waals surface area contributed by atoms with Crippen LogP contribution in [0, 0.1) is 0 Å². The van der Waals surface area contributed by atoms with Gasteiger partial charge in [0.15, 0.2) is 0 Å². The van der Waals surface area contributed by atoms with Crippen molar-refractivity contribution in [3.63, 3.8) is 0 Å². The van der Waals surface area contributed by atoms with Gasteiger partial charge in [-0.1, -0.05) is 0 Å². The van der Waals surface area contributed by atoms with Crippen molar-refractivity contribution in [3.8, 4) is 0 Å². The maximum absolute atomic E-state index is 10.5. The van der Waals surface area contributed by atoms with Gasteiger partial charge in [0.2, 0.25) is 0 Å². The SMILES string of the molecule is CCOC(=O)N(N)S(N)(=O)=O. The lowest BCUT2D eigenvalue weighted by Crippen LogP contribution is -2.46. The molecule has 0 saturated carbocycles. The fraction of sp³-hybridized carbons (Fsp3) is 0.667. The first-order chi connectivity index (χ1) is 4.89. The summed E-state index contributed by atoms with van der Waals surface area (Å²) < 4.78 is 24.7. The molecule has 0 aromatic carbocycles. The Kier molecular flexibility index (Phi) is 3.23. The zero-order valence-electron chi connectivity index (χ0n) is 5.85. The standard InChI is InChI=1S/C3H9N3O4S/c1-2-10-3(7)6(4)11(5,8)9/h2,4H2,1H3,(H2,5,8,9). The van der Waals surface area contributed by atoms with Crippen LogP contribution in [-0.4, -0.2) is 25.5 Å². The van der Waals surface area contributed by atoms with Gasteiger partial charge in [-0.3, -0.25) is 0 Å². The summed E-state index contributed by atoms with van der Waals surface area (Å²) in [6.07, 6.45) is -1.20. The van der Waals surface area contributed by atoms with Gasteiger partial charge in [-0.25, -0.2) is 15.8 Å². The van der Waals surface area contributed by atoms with Crippen LogP contribution in [0.2, 0.25) is 0 Å². The maximum atomic E-state index is 10.5. The highest BCUT2D eigenvalue weighted by Gasteiger charge is 2.20. The van der Waals surface area contributed by atoms with E-state index in [1.54, 1.807) is 0 Å². The minimum Gasteiger partial charge on any atom is -0.448 e. The zero-order chi connectivity index (χ0) is 9.07. The summed E-state index contributed by atoms with van der Waals surface area (Å²) >= 11 is 0. The van der Waals surface area contributed by atoms with Crippen molar-refractivity contribution in [1.29, 1.82) is 0 Å². The topological polar surface area (TPSA) is 116 Å². The molecule has 0 fully saturated rings. The van der Waals surface area contributed by atoms with Crippen molar-refractivity contribution in [1.82, 2.24) is 4.41 Å². The number of nitrogens with two attached hydrogens (primary N) is 2. The summed E-state index contributed by atoms with van der Waals surface area (Å²) in [5.74, 6) is 4.73. The van der Waals surface area contributed by atoms with Gasteiger partial charge < -0.3 is 4.74 Å². The monoisotopic (exact) mass is 183 g/mol. The van der Waals surface area contributed by atoms with Crippen LogP contribution in [0.1, 0.15) is 6.92 Å². The summed E-state index contributed by atoms with van der Waals surface area (Å²) in [4.78, 5) is 10.5. The van der Waals surface area contributed by atoms with E-state index in [0.717, 1.165) is 0 Å². The van der Waals surface area contributed by atoms with Gasteiger partial charge in [0.05, 0.1) is 6.61 Å². The van der Waals surface area contributed by atoms with Crippen LogP contribution in [-0.2, 0) is 14.9 Å². The molecule has 0 saturated heterocycles. The van der Waals surface area contributed by atoms with Gasteiger partial charge in [0.1, 0.15) is 0 Å². The van der Waals surface area contributed by atoms with E-state index in [1.807, 2.05) is 0 Å². The van der Waals surface area contributed by atoms with Gasteiger partial charge in [-0.05, 0) is 6.92 Å². The second-order valence-electron chi connectivity index (χ2n) is 1.54. The first-order valence-electron chi connectivity index (χ1n) is 2.64. The molecule has 0 spiro atoms. The Morgan fingerprint density at radius 3 is 2.36 bits per heavy atom. The highest BCUT2D eigenvalue weighted by atomic mass is 32.2. The lowest BCUT2D eigenvalue weighted by atomic mass is 10.9. The Labute approximate surface area is 64.1 Å². The molecule has 0 atom stereocenters. The fourth-order valence-electron chi connectivity index (χ4n) is 0.291. The molecule has 0 rings (SSSR count). The highest BCUT2D eigenvalue weighted by molar-refractivity contribution is 7.87. The molecular weight excluding hydrogens is 174 g/mol. The van der Waals surface area contributed by atoms with E-state index in [4.69, 9.17) is 5.84 Å². The predicted octanol–water partition coefficient (Wildman–Crippen LogP) is -1.48. The Morgan fingerprint density at radius 2 is 2.09 bits per heavy atom. The number of rotatable bonds is 2. The molecular formula is C3H9N3O4S. The average molecular weight is 183 g/mol. The van der Waals surface area contributed by atoms with Crippen molar-refractivity contribution in [2.24, 2.45) is 11.0 Å². The van der Waals surface area contributed by atoms with Crippen molar-refractivity contribution in [2.45, 2.75) is 6.92 Å². The largest absolute Gasteiger partial charge is 0.448 e. The first kappa shape index (κ1) is 10.1. The summed E-state index contributed by atoms with van der Waals surface area (Å²) in [6.45, 7) is 1.54. The molecule has 0 bridgehead atoms. The van der Waals surface area contributed by atoms with Gasteiger partial charge in [-0.15, -0.1) is 4.41 Å². The summed E-state index contributed by atoms with van der Waals surface area (Å²) in [5.41, 5.74) is 0. The average Bonchev–Trinajstić information content (AvgIpc) is 1.85. The van der Waals surface area contributed by atoms with E-state index in [-0.39, 0.29) is 11.0 Å². The molecule has 0 aliphatic carbocycles. The number of hydrogen-bond acceptors (Lipinski definition) is 5. The molecule has 4 N–H and O–H groups in total. The minimum absolute atomic E-state index is 0.0298. The van der Waals surface area contributed by atoms with Crippen LogP contribution in [0.25, 0.3) is 0 Å². The third kappa shape index (κ3) is 3.16. The molecule has 8 heteroatoms. The second-order valence-corrected chi connectivity index (χ2v) is 2.96. The number of amides is 1.